The number of nitrogens with one attached hydrogen (secondary N) is 1. The zero-order valence-electron chi connectivity index (χ0n) is 11.0. The fraction of sp³-hybridized carbons (Fsp3) is 0.357. The standard InChI is InChI=1S/C14H18FN3/c1-10-13(8-9-16-2)18(3)17-14(10)11-6-4-5-7-12(11)15/h4-7,16H,8-9H2,1-3H3. The van der Waals surface area contributed by atoms with Crippen LogP contribution in [-0.2, 0) is 13.5 Å². The van der Waals surface area contributed by atoms with E-state index in [-0.39, 0.29) is 5.82 Å². The minimum absolute atomic E-state index is 0.223. The molecule has 0 spiro atoms. The smallest absolute Gasteiger partial charge is 0.132 e. The van der Waals surface area contributed by atoms with Crippen LogP contribution in [0.2, 0.25) is 0 Å². The van der Waals surface area contributed by atoms with Crippen LogP contribution in [0.4, 0.5) is 4.39 Å². The number of benzene rings is 1. The molecule has 1 N–H and O–H groups in total. The molecule has 0 radical (unpaired) electrons. The number of aryl methyl sites for hydroxylation is 1. The number of likely N-dealkylation sites (N-methyl/N-ethyl adjacent to an activating group) is 1. The molecule has 1 heterocycles. The molecule has 0 saturated carbocycles. The van der Waals surface area contributed by atoms with Crippen molar-refractivity contribution in [2.75, 3.05) is 13.6 Å². The topological polar surface area (TPSA) is 29.9 Å². The lowest BCUT2D eigenvalue weighted by atomic mass is 10.1. The fourth-order valence-corrected chi connectivity index (χ4v) is 2.17. The maximum atomic E-state index is 13.8. The van der Waals surface area contributed by atoms with Crippen LogP contribution < -0.4 is 5.32 Å². The molecule has 0 saturated heterocycles. The molecule has 0 atom stereocenters. The maximum Gasteiger partial charge on any atom is 0.132 e. The Morgan fingerprint density at radius 1 is 1.33 bits per heavy atom. The van der Waals surface area contributed by atoms with Gasteiger partial charge in [-0.15, -0.1) is 0 Å². The molecule has 18 heavy (non-hydrogen) atoms. The van der Waals surface area contributed by atoms with E-state index in [1.807, 2.05) is 31.8 Å². The van der Waals surface area contributed by atoms with E-state index in [9.17, 15) is 4.39 Å². The van der Waals surface area contributed by atoms with Gasteiger partial charge in [0.15, 0.2) is 0 Å². The Balaban J connectivity index is 2.44. The molecule has 1 aromatic carbocycles. The van der Waals surface area contributed by atoms with Crippen LogP contribution in [0.5, 0.6) is 0 Å². The summed E-state index contributed by atoms with van der Waals surface area (Å²) in [6.45, 7) is 2.89. The lowest BCUT2D eigenvalue weighted by Gasteiger charge is -2.03. The van der Waals surface area contributed by atoms with E-state index in [0.717, 1.165) is 29.9 Å². The second kappa shape index (κ2) is 5.31. The minimum Gasteiger partial charge on any atom is -0.319 e. The molecule has 4 heteroatoms. The first-order chi connectivity index (χ1) is 8.65. The number of hydrogen-bond acceptors (Lipinski definition) is 2. The highest BCUT2D eigenvalue weighted by atomic mass is 19.1. The van der Waals surface area contributed by atoms with E-state index in [4.69, 9.17) is 0 Å². The maximum absolute atomic E-state index is 13.8. The second-order valence-electron chi connectivity index (χ2n) is 4.38. The van der Waals surface area contributed by atoms with Gasteiger partial charge in [0.2, 0.25) is 0 Å². The summed E-state index contributed by atoms with van der Waals surface area (Å²) in [6, 6.07) is 6.77. The Bertz CT molecular complexity index is 546. The third kappa shape index (κ3) is 2.29. The molecule has 0 aliphatic heterocycles. The monoisotopic (exact) mass is 247 g/mol. The average Bonchev–Trinajstić information content (AvgIpc) is 2.63. The van der Waals surface area contributed by atoms with Crippen molar-refractivity contribution in [1.29, 1.82) is 0 Å². The van der Waals surface area contributed by atoms with Gasteiger partial charge in [0.25, 0.3) is 0 Å². The van der Waals surface area contributed by atoms with Gasteiger partial charge in [-0.25, -0.2) is 4.39 Å². The van der Waals surface area contributed by atoms with Crippen molar-refractivity contribution in [3.8, 4) is 11.3 Å². The second-order valence-corrected chi connectivity index (χ2v) is 4.38. The molecule has 3 nitrogen and oxygen atoms in total. The summed E-state index contributed by atoms with van der Waals surface area (Å²) >= 11 is 0. The summed E-state index contributed by atoms with van der Waals surface area (Å²) in [7, 11) is 3.83. The minimum atomic E-state index is -0.223. The van der Waals surface area contributed by atoms with Gasteiger partial charge in [-0.3, -0.25) is 4.68 Å². The highest BCUT2D eigenvalue weighted by molar-refractivity contribution is 5.64. The highest BCUT2D eigenvalue weighted by Gasteiger charge is 2.15. The van der Waals surface area contributed by atoms with Crippen molar-refractivity contribution in [1.82, 2.24) is 15.1 Å². The molecular weight excluding hydrogens is 229 g/mol. The van der Waals surface area contributed by atoms with E-state index in [1.54, 1.807) is 12.1 Å². The van der Waals surface area contributed by atoms with Gasteiger partial charge in [0, 0.05) is 31.3 Å². The molecular formula is C14H18FN3. The third-order valence-corrected chi connectivity index (χ3v) is 3.17. The van der Waals surface area contributed by atoms with Crippen LogP contribution in [-0.4, -0.2) is 23.4 Å². The summed E-state index contributed by atoms with van der Waals surface area (Å²) < 4.78 is 15.6. The van der Waals surface area contributed by atoms with E-state index in [2.05, 4.69) is 10.4 Å². The summed E-state index contributed by atoms with van der Waals surface area (Å²) in [6.07, 6.45) is 0.889. The summed E-state index contributed by atoms with van der Waals surface area (Å²) in [5, 5.41) is 7.56. The average molecular weight is 247 g/mol. The molecule has 0 aliphatic rings. The Hall–Kier alpha value is -1.68. The highest BCUT2D eigenvalue weighted by Crippen LogP contribution is 2.26. The SMILES string of the molecule is CNCCc1c(C)c(-c2ccccc2F)nn1C. The van der Waals surface area contributed by atoms with Gasteiger partial charge in [0.1, 0.15) is 5.82 Å². The Kier molecular flexibility index (Phi) is 3.77. The summed E-state index contributed by atoms with van der Waals surface area (Å²) in [4.78, 5) is 0. The van der Waals surface area contributed by atoms with Crippen molar-refractivity contribution < 1.29 is 4.39 Å². The largest absolute Gasteiger partial charge is 0.319 e. The quantitative estimate of drug-likeness (QED) is 0.898. The first-order valence-corrected chi connectivity index (χ1v) is 6.07. The lowest BCUT2D eigenvalue weighted by molar-refractivity contribution is 0.629. The van der Waals surface area contributed by atoms with Crippen LogP contribution in [0.3, 0.4) is 0 Å². The van der Waals surface area contributed by atoms with Crippen LogP contribution >= 0.6 is 0 Å². The van der Waals surface area contributed by atoms with Crippen molar-refractivity contribution in [3.63, 3.8) is 0 Å². The van der Waals surface area contributed by atoms with E-state index < -0.39 is 0 Å². The Morgan fingerprint density at radius 2 is 2.06 bits per heavy atom. The number of nitrogens with zero attached hydrogens (tertiary/aromatic N) is 2. The summed E-state index contributed by atoms with van der Waals surface area (Å²) in [5.41, 5.74) is 3.50. The zero-order valence-corrected chi connectivity index (χ0v) is 11.0. The Labute approximate surface area is 107 Å². The first kappa shape index (κ1) is 12.8. The third-order valence-electron chi connectivity index (χ3n) is 3.17. The summed E-state index contributed by atoms with van der Waals surface area (Å²) in [5.74, 6) is -0.223. The van der Waals surface area contributed by atoms with Gasteiger partial charge < -0.3 is 5.32 Å². The number of aromatic nitrogens is 2. The molecule has 96 valence electrons. The molecule has 0 aliphatic carbocycles. The Morgan fingerprint density at radius 3 is 2.72 bits per heavy atom. The van der Waals surface area contributed by atoms with Crippen molar-refractivity contribution in [2.24, 2.45) is 7.05 Å². The number of rotatable bonds is 4. The van der Waals surface area contributed by atoms with Crippen molar-refractivity contribution >= 4 is 0 Å². The van der Waals surface area contributed by atoms with Gasteiger partial charge in [-0.2, -0.15) is 5.10 Å². The van der Waals surface area contributed by atoms with E-state index in [1.165, 1.54) is 6.07 Å². The fourth-order valence-electron chi connectivity index (χ4n) is 2.17. The normalized spacial score (nSPS) is 10.9. The first-order valence-electron chi connectivity index (χ1n) is 6.07. The molecule has 2 rings (SSSR count). The van der Waals surface area contributed by atoms with Gasteiger partial charge >= 0.3 is 0 Å². The lowest BCUT2D eigenvalue weighted by Crippen LogP contribution is -2.13. The van der Waals surface area contributed by atoms with Gasteiger partial charge in [-0.05, 0) is 31.7 Å². The van der Waals surface area contributed by atoms with Crippen LogP contribution in [0.1, 0.15) is 11.3 Å². The number of hydrogen-bond donors (Lipinski definition) is 1. The predicted octanol–water partition coefficient (Wildman–Crippen LogP) is 2.30. The van der Waals surface area contributed by atoms with Gasteiger partial charge in [-0.1, -0.05) is 12.1 Å². The molecule has 1 aromatic heterocycles. The predicted molar refractivity (Wildman–Crippen MR) is 71.0 cm³/mol. The molecule has 0 amide bonds. The van der Waals surface area contributed by atoms with Crippen molar-refractivity contribution in [3.05, 3.63) is 41.3 Å². The van der Waals surface area contributed by atoms with E-state index in [0.29, 0.717) is 5.56 Å². The van der Waals surface area contributed by atoms with Crippen LogP contribution in [0, 0.1) is 12.7 Å². The van der Waals surface area contributed by atoms with Crippen LogP contribution in [0.25, 0.3) is 11.3 Å². The zero-order chi connectivity index (χ0) is 13.1. The van der Waals surface area contributed by atoms with Crippen LogP contribution in [0.15, 0.2) is 24.3 Å². The molecule has 0 bridgehead atoms. The molecule has 0 unspecified atom stereocenters. The number of halogens is 1. The van der Waals surface area contributed by atoms with Crippen molar-refractivity contribution in [2.45, 2.75) is 13.3 Å². The molecule has 0 fully saturated rings. The molecule has 2 aromatic rings. The van der Waals surface area contributed by atoms with Gasteiger partial charge in [0.05, 0.1) is 5.69 Å². The van der Waals surface area contributed by atoms with E-state index >= 15 is 0 Å².